The second-order valence-corrected chi connectivity index (χ2v) is 7.60. The molecular weight excluding hydrogens is 390 g/mol. The molecule has 0 N–H and O–H groups in total. The molecule has 0 bridgehead atoms. The van der Waals surface area contributed by atoms with E-state index >= 15 is 0 Å². The van der Waals surface area contributed by atoms with Crippen molar-refractivity contribution in [1.29, 1.82) is 0 Å². The first-order valence-corrected chi connectivity index (χ1v) is 10.3. The van der Waals surface area contributed by atoms with Crippen molar-refractivity contribution in [2.45, 2.75) is 19.5 Å². The van der Waals surface area contributed by atoms with Crippen LogP contribution in [0.15, 0.2) is 73.1 Å². The highest BCUT2D eigenvalue weighted by Gasteiger charge is 2.28. The molecule has 0 unspecified atom stereocenters. The highest BCUT2D eigenvalue weighted by atomic mass is 16.5. The van der Waals surface area contributed by atoms with Crippen molar-refractivity contribution < 1.29 is 9.53 Å². The lowest BCUT2D eigenvalue weighted by molar-refractivity contribution is 0.0728. The number of carbonyl (C=O) groups is 1. The van der Waals surface area contributed by atoms with Gasteiger partial charge in [-0.15, -0.1) is 5.10 Å². The summed E-state index contributed by atoms with van der Waals surface area (Å²) >= 11 is 0. The van der Waals surface area contributed by atoms with Gasteiger partial charge in [0.05, 0.1) is 13.7 Å². The molecule has 1 amide bonds. The SMILES string of the molecule is COc1ccc(Cn2nnc(C(=O)N3CCc4ccccc4C3)c2-n2cccc2)cc1. The van der Waals surface area contributed by atoms with Crippen LogP contribution in [-0.4, -0.2) is 44.0 Å². The number of aromatic nitrogens is 4. The van der Waals surface area contributed by atoms with E-state index in [1.54, 1.807) is 11.8 Å². The van der Waals surface area contributed by atoms with Crippen LogP contribution in [0.3, 0.4) is 0 Å². The minimum Gasteiger partial charge on any atom is -0.497 e. The van der Waals surface area contributed by atoms with E-state index in [2.05, 4.69) is 22.4 Å². The normalized spacial score (nSPS) is 13.1. The van der Waals surface area contributed by atoms with E-state index < -0.39 is 0 Å². The van der Waals surface area contributed by atoms with E-state index in [1.807, 2.05) is 70.4 Å². The van der Waals surface area contributed by atoms with Crippen LogP contribution in [-0.2, 0) is 19.5 Å². The minimum absolute atomic E-state index is 0.0980. The van der Waals surface area contributed by atoms with Crippen molar-refractivity contribution in [3.63, 3.8) is 0 Å². The summed E-state index contributed by atoms with van der Waals surface area (Å²) in [6.45, 7) is 1.76. The number of carbonyl (C=O) groups excluding carboxylic acids is 1. The van der Waals surface area contributed by atoms with Crippen LogP contribution in [0.25, 0.3) is 5.82 Å². The first-order chi connectivity index (χ1) is 15.2. The molecule has 0 saturated carbocycles. The summed E-state index contributed by atoms with van der Waals surface area (Å²) in [5.41, 5.74) is 3.91. The highest BCUT2D eigenvalue weighted by Crippen LogP contribution is 2.23. The Morgan fingerprint density at radius 2 is 1.74 bits per heavy atom. The molecule has 2 aromatic heterocycles. The summed E-state index contributed by atoms with van der Waals surface area (Å²) in [6, 6.07) is 19.9. The van der Waals surface area contributed by atoms with Gasteiger partial charge in [-0.1, -0.05) is 41.6 Å². The molecule has 1 aliphatic heterocycles. The summed E-state index contributed by atoms with van der Waals surface area (Å²) in [6.07, 6.45) is 4.66. The average molecular weight is 413 g/mol. The number of fused-ring (bicyclic) bond motifs is 1. The molecule has 7 nitrogen and oxygen atoms in total. The molecule has 4 aromatic rings. The van der Waals surface area contributed by atoms with E-state index in [4.69, 9.17) is 4.74 Å². The number of nitrogens with zero attached hydrogens (tertiary/aromatic N) is 5. The maximum atomic E-state index is 13.5. The number of hydrogen-bond acceptors (Lipinski definition) is 4. The second-order valence-electron chi connectivity index (χ2n) is 7.60. The first-order valence-electron chi connectivity index (χ1n) is 10.3. The number of ether oxygens (including phenoxy) is 1. The molecule has 156 valence electrons. The van der Waals surface area contributed by atoms with Crippen LogP contribution in [0.4, 0.5) is 0 Å². The van der Waals surface area contributed by atoms with E-state index in [0.717, 1.165) is 17.7 Å². The van der Waals surface area contributed by atoms with E-state index in [1.165, 1.54) is 11.1 Å². The fourth-order valence-corrected chi connectivity index (χ4v) is 4.01. The summed E-state index contributed by atoms with van der Waals surface area (Å²) in [5.74, 6) is 1.37. The van der Waals surface area contributed by atoms with Gasteiger partial charge in [0.2, 0.25) is 0 Å². The maximum Gasteiger partial charge on any atom is 0.278 e. The second kappa shape index (κ2) is 8.10. The van der Waals surface area contributed by atoms with Gasteiger partial charge < -0.3 is 14.2 Å². The van der Waals surface area contributed by atoms with Gasteiger partial charge in [-0.2, -0.15) is 0 Å². The van der Waals surface area contributed by atoms with Gasteiger partial charge in [0, 0.05) is 25.5 Å². The highest BCUT2D eigenvalue weighted by molar-refractivity contribution is 5.95. The topological polar surface area (TPSA) is 65.2 Å². The van der Waals surface area contributed by atoms with Crippen LogP contribution in [0.2, 0.25) is 0 Å². The Hall–Kier alpha value is -3.87. The molecule has 0 spiro atoms. The van der Waals surface area contributed by atoms with Gasteiger partial charge >= 0.3 is 0 Å². The lowest BCUT2D eigenvalue weighted by atomic mass is 10.00. The number of hydrogen-bond donors (Lipinski definition) is 0. The van der Waals surface area contributed by atoms with Crippen LogP contribution >= 0.6 is 0 Å². The molecule has 31 heavy (non-hydrogen) atoms. The Morgan fingerprint density at radius 1 is 1.00 bits per heavy atom. The van der Waals surface area contributed by atoms with Crippen molar-refractivity contribution >= 4 is 5.91 Å². The minimum atomic E-state index is -0.0980. The Balaban J connectivity index is 1.47. The first kappa shape index (κ1) is 19.1. The smallest absolute Gasteiger partial charge is 0.278 e. The maximum absolute atomic E-state index is 13.5. The molecule has 5 rings (SSSR count). The van der Waals surface area contributed by atoms with Crippen LogP contribution < -0.4 is 4.74 Å². The van der Waals surface area contributed by atoms with Gasteiger partial charge in [0.1, 0.15) is 5.75 Å². The lowest BCUT2D eigenvalue weighted by Gasteiger charge is -2.28. The third kappa shape index (κ3) is 3.70. The van der Waals surface area contributed by atoms with Gasteiger partial charge in [0.25, 0.3) is 5.91 Å². The van der Waals surface area contributed by atoms with E-state index in [0.29, 0.717) is 31.1 Å². The fourth-order valence-electron chi connectivity index (χ4n) is 4.01. The van der Waals surface area contributed by atoms with Crippen molar-refractivity contribution in [2.75, 3.05) is 13.7 Å². The third-order valence-electron chi connectivity index (χ3n) is 5.67. The number of rotatable bonds is 5. The Labute approximate surface area is 180 Å². The van der Waals surface area contributed by atoms with Crippen molar-refractivity contribution in [3.05, 3.63) is 95.4 Å². The molecule has 7 heteroatoms. The number of amides is 1. The predicted molar refractivity (Wildman–Crippen MR) is 116 cm³/mol. The Morgan fingerprint density at radius 3 is 2.48 bits per heavy atom. The van der Waals surface area contributed by atoms with Crippen LogP contribution in [0, 0.1) is 0 Å². The molecular formula is C24H23N5O2. The Bertz CT molecular complexity index is 1200. The van der Waals surface area contributed by atoms with Gasteiger partial charge in [0.15, 0.2) is 11.5 Å². The summed E-state index contributed by atoms with van der Waals surface area (Å²) in [4.78, 5) is 15.3. The molecule has 0 atom stereocenters. The average Bonchev–Trinajstić information content (AvgIpc) is 3.48. The number of benzene rings is 2. The fraction of sp³-hybridized carbons (Fsp3) is 0.208. The largest absolute Gasteiger partial charge is 0.497 e. The van der Waals surface area contributed by atoms with Crippen molar-refractivity contribution in [3.8, 4) is 11.6 Å². The zero-order chi connectivity index (χ0) is 21.2. The molecule has 2 aromatic carbocycles. The zero-order valence-electron chi connectivity index (χ0n) is 17.3. The van der Waals surface area contributed by atoms with E-state index in [-0.39, 0.29) is 5.91 Å². The molecule has 0 fully saturated rings. The quantitative estimate of drug-likeness (QED) is 0.503. The summed E-state index contributed by atoms with van der Waals surface area (Å²) < 4.78 is 8.91. The van der Waals surface area contributed by atoms with Gasteiger partial charge in [-0.25, -0.2) is 4.68 Å². The summed E-state index contributed by atoms with van der Waals surface area (Å²) in [7, 11) is 1.65. The summed E-state index contributed by atoms with van der Waals surface area (Å²) in [5, 5.41) is 8.65. The third-order valence-corrected chi connectivity index (χ3v) is 5.67. The van der Waals surface area contributed by atoms with Gasteiger partial charge in [-0.05, 0) is 47.4 Å². The Kier molecular flexibility index (Phi) is 5.00. The monoisotopic (exact) mass is 413 g/mol. The molecule has 0 aliphatic carbocycles. The van der Waals surface area contributed by atoms with E-state index in [9.17, 15) is 4.79 Å². The standard InChI is InChI=1S/C24H23N5O2/c1-31-21-10-8-18(9-11-21)16-29-23(27-13-4-5-14-27)22(25-26-29)24(30)28-15-12-19-6-2-3-7-20(19)17-28/h2-11,13-14H,12,15-17H2,1H3. The van der Waals surface area contributed by atoms with Crippen LogP contribution in [0.5, 0.6) is 5.75 Å². The van der Waals surface area contributed by atoms with Crippen LogP contribution in [0.1, 0.15) is 27.2 Å². The van der Waals surface area contributed by atoms with Crippen molar-refractivity contribution in [2.24, 2.45) is 0 Å². The van der Waals surface area contributed by atoms with Gasteiger partial charge in [-0.3, -0.25) is 4.79 Å². The lowest BCUT2D eigenvalue weighted by Crippen LogP contribution is -2.36. The number of methoxy groups -OCH3 is 1. The molecule has 0 radical (unpaired) electrons. The predicted octanol–water partition coefficient (Wildman–Crippen LogP) is 3.32. The molecule has 3 heterocycles. The zero-order valence-corrected chi connectivity index (χ0v) is 17.3. The van der Waals surface area contributed by atoms with Crippen molar-refractivity contribution in [1.82, 2.24) is 24.5 Å². The molecule has 0 saturated heterocycles. The molecule has 1 aliphatic rings.